The zero-order valence-electron chi connectivity index (χ0n) is 21.0. The van der Waals surface area contributed by atoms with Gasteiger partial charge in [-0.15, -0.1) is 11.3 Å². The van der Waals surface area contributed by atoms with Crippen LogP contribution in [0.4, 0.5) is 11.4 Å². The van der Waals surface area contributed by atoms with Gasteiger partial charge in [-0.05, 0) is 30.8 Å². The molecule has 0 spiro atoms. The van der Waals surface area contributed by atoms with Crippen molar-refractivity contribution in [2.75, 3.05) is 62.7 Å². The van der Waals surface area contributed by atoms with Crippen molar-refractivity contribution in [3.05, 3.63) is 47.2 Å². The van der Waals surface area contributed by atoms with Gasteiger partial charge in [0.05, 0.1) is 35.8 Å². The minimum atomic E-state index is -3.66. The van der Waals surface area contributed by atoms with Gasteiger partial charge in [-0.25, -0.2) is 18.4 Å². The number of rotatable bonds is 9. The van der Waals surface area contributed by atoms with E-state index < -0.39 is 10.0 Å². The lowest BCUT2D eigenvalue weighted by Gasteiger charge is -2.32. The number of pyridine rings is 1. The molecule has 0 saturated carbocycles. The summed E-state index contributed by atoms with van der Waals surface area (Å²) in [6.45, 7) is 3.95. The molecule has 5 rings (SSSR count). The van der Waals surface area contributed by atoms with Crippen LogP contribution in [0.15, 0.2) is 41.5 Å². The molecule has 0 aliphatic carbocycles. The van der Waals surface area contributed by atoms with Gasteiger partial charge < -0.3 is 15.0 Å². The van der Waals surface area contributed by atoms with Gasteiger partial charge >= 0.3 is 0 Å². The highest BCUT2D eigenvalue weighted by Crippen LogP contribution is 2.33. The number of aromatic nitrogens is 4. The number of methoxy groups -OCH3 is 1. The van der Waals surface area contributed by atoms with E-state index in [1.807, 2.05) is 6.07 Å². The highest BCUT2D eigenvalue weighted by Gasteiger charge is 2.20. The number of sulfonamides is 1. The molecule has 1 fully saturated rings. The fourth-order valence-corrected chi connectivity index (χ4v) is 5.83. The molecule has 1 aliphatic rings. The van der Waals surface area contributed by atoms with Crippen LogP contribution in [0.2, 0.25) is 0 Å². The van der Waals surface area contributed by atoms with E-state index in [0.29, 0.717) is 34.6 Å². The average Bonchev–Trinajstić information content (AvgIpc) is 3.61. The minimum Gasteiger partial charge on any atom is -0.480 e. The fourth-order valence-electron chi connectivity index (χ4n) is 4.22. The number of hydrogen-bond acceptors (Lipinski definition) is 10. The summed E-state index contributed by atoms with van der Waals surface area (Å²) in [5.41, 5.74) is 4.70. The number of fused-ring (bicyclic) bond motifs is 1. The van der Waals surface area contributed by atoms with Crippen molar-refractivity contribution in [3.8, 4) is 17.0 Å². The van der Waals surface area contributed by atoms with E-state index in [1.165, 1.54) is 18.4 Å². The second-order valence-corrected chi connectivity index (χ2v) is 11.6. The molecule has 12 nitrogen and oxygen atoms in total. The summed E-state index contributed by atoms with van der Waals surface area (Å²) in [5, 5.41) is 12.3. The van der Waals surface area contributed by atoms with Gasteiger partial charge in [-0.3, -0.25) is 19.5 Å². The van der Waals surface area contributed by atoms with Crippen LogP contribution in [0, 0.1) is 0 Å². The first-order valence-corrected chi connectivity index (χ1v) is 14.5. The Morgan fingerprint density at radius 2 is 1.89 bits per heavy atom. The molecule has 0 radical (unpaired) electrons. The Morgan fingerprint density at radius 3 is 2.63 bits per heavy atom. The average molecular weight is 557 g/mol. The number of H-pyrrole nitrogens is 1. The van der Waals surface area contributed by atoms with E-state index in [9.17, 15) is 13.2 Å². The molecule has 1 amide bonds. The Bertz CT molecular complexity index is 1530. The van der Waals surface area contributed by atoms with Gasteiger partial charge in [0.1, 0.15) is 11.4 Å². The second-order valence-electron chi connectivity index (χ2n) is 9.03. The lowest BCUT2D eigenvalue weighted by Crippen LogP contribution is -2.46. The van der Waals surface area contributed by atoms with Gasteiger partial charge in [0.15, 0.2) is 0 Å². The maximum absolute atomic E-state index is 13.0. The predicted octanol–water partition coefficient (Wildman–Crippen LogP) is 2.33. The third kappa shape index (κ3) is 5.93. The molecule has 3 N–H and O–H groups in total. The van der Waals surface area contributed by atoms with Crippen LogP contribution in [-0.2, 0) is 10.0 Å². The topological polar surface area (TPSA) is 145 Å². The van der Waals surface area contributed by atoms with Crippen molar-refractivity contribution in [1.29, 1.82) is 0 Å². The highest BCUT2D eigenvalue weighted by molar-refractivity contribution is 7.92. The molecule has 1 aliphatic heterocycles. The van der Waals surface area contributed by atoms with Crippen LogP contribution in [0.5, 0.6) is 5.88 Å². The summed E-state index contributed by atoms with van der Waals surface area (Å²) in [7, 11) is -0.162. The van der Waals surface area contributed by atoms with E-state index in [1.54, 1.807) is 35.4 Å². The number of aromatic amines is 1. The standard InChI is InChI=1S/C24H28N8O4S2/c1-31-3-5-32(6-4-31)7-8-38(34,35)30-21-11-17(12-25-24(21)36-2)16-9-19(18-13-27-29-20(18)10-16)28-23(33)22-14-37-15-26-22/h9-15,30H,3-8H2,1-2H3,(H,27,29)(H,28,33). The zero-order chi connectivity index (χ0) is 26.7. The lowest BCUT2D eigenvalue weighted by molar-refractivity contribution is 0.102. The monoisotopic (exact) mass is 556 g/mol. The summed E-state index contributed by atoms with van der Waals surface area (Å²) < 4.78 is 33.9. The number of anilines is 2. The van der Waals surface area contributed by atoms with Crippen molar-refractivity contribution in [1.82, 2.24) is 30.0 Å². The van der Waals surface area contributed by atoms with Crippen molar-refractivity contribution in [3.63, 3.8) is 0 Å². The molecule has 1 aromatic carbocycles. The molecular weight excluding hydrogens is 528 g/mol. The molecule has 3 aromatic heterocycles. The van der Waals surface area contributed by atoms with Crippen LogP contribution < -0.4 is 14.8 Å². The number of nitrogens with one attached hydrogen (secondary N) is 3. The van der Waals surface area contributed by atoms with Crippen LogP contribution in [0.3, 0.4) is 0 Å². The summed E-state index contributed by atoms with van der Waals surface area (Å²) in [6.07, 6.45) is 3.21. The van der Waals surface area contributed by atoms with Gasteiger partial charge in [0.25, 0.3) is 5.91 Å². The molecule has 14 heteroatoms. The Balaban J connectivity index is 1.39. The molecular formula is C24H28N8O4S2. The van der Waals surface area contributed by atoms with Gasteiger partial charge in [0.2, 0.25) is 15.9 Å². The lowest BCUT2D eigenvalue weighted by atomic mass is 10.0. The van der Waals surface area contributed by atoms with E-state index in [2.05, 4.69) is 47.1 Å². The number of nitrogens with zero attached hydrogens (tertiary/aromatic N) is 5. The Hall–Kier alpha value is -3.59. The van der Waals surface area contributed by atoms with Crippen LogP contribution in [-0.4, -0.2) is 96.9 Å². The number of amides is 1. The van der Waals surface area contributed by atoms with Crippen molar-refractivity contribution >= 4 is 49.5 Å². The molecule has 0 bridgehead atoms. The number of hydrogen-bond donors (Lipinski definition) is 3. The number of benzene rings is 1. The molecule has 1 saturated heterocycles. The van der Waals surface area contributed by atoms with Crippen LogP contribution >= 0.6 is 11.3 Å². The number of ether oxygens (including phenoxy) is 1. The maximum Gasteiger partial charge on any atom is 0.275 e. The smallest absolute Gasteiger partial charge is 0.275 e. The van der Waals surface area contributed by atoms with E-state index in [0.717, 1.165) is 31.6 Å². The molecule has 200 valence electrons. The normalized spacial score (nSPS) is 15.0. The maximum atomic E-state index is 13.0. The first-order valence-electron chi connectivity index (χ1n) is 11.9. The predicted molar refractivity (Wildman–Crippen MR) is 147 cm³/mol. The summed E-state index contributed by atoms with van der Waals surface area (Å²) in [5.74, 6) is -0.221. The van der Waals surface area contributed by atoms with Crippen LogP contribution in [0.1, 0.15) is 10.5 Å². The minimum absolute atomic E-state index is 0.0446. The molecule has 0 atom stereocenters. The number of piperazine rings is 1. The van der Waals surface area contributed by atoms with Gasteiger partial charge in [-0.2, -0.15) is 5.10 Å². The zero-order valence-corrected chi connectivity index (χ0v) is 22.6. The quantitative estimate of drug-likeness (QED) is 0.283. The summed E-state index contributed by atoms with van der Waals surface area (Å²) in [4.78, 5) is 25.4. The van der Waals surface area contributed by atoms with Crippen molar-refractivity contribution in [2.45, 2.75) is 0 Å². The Labute approximate surface area is 224 Å². The number of thiazole rings is 1. The SMILES string of the molecule is COc1ncc(-c2cc(NC(=O)c3cscn3)c3cn[nH]c3c2)cc1NS(=O)(=O)CCN1CCN(C)CC1. The first kappa shape index (κ1) is 26.0. The first-order chi connectivity index (χ1) is 18.3. The third-order valence-electron chi connectivity index (χ3n) is 6.39. The Kier molecular flexibility index (Phi) is 7.56. The second kappa shape index (κ2) is 11.0. The fraction of sp³-hybridized carbons (Fsp3) is 0.333. The molecule has 4 aromatic rings. The van der Waals surface area contributed by atoms with Crippen LogP contribution in [0.25, 0.3) is 22.0 Å². The van der Waals surface area contributed by atoms with Crippen molar-refractivity contribution < 1.29 is 17.9 Å². The summed E-state index contributed by atoms with van der Waals surface area (Å²) >= 11 is 1.33. The highest BCUT2D eigenvalue weighted by atomic mass is 32.2. The van der Waals surface area contributed by atoms with Gasteiger partial charge in [0, 0.05) is 55.3 Å². The van der Waals surface area contributed by atoms with Crippen molar-refractivity contribution in [2.24, 2.45) is 0 Å². The number of likely N-dealkylation sites (N-methyl/N-ethyl adjacent to an activating group) is 1. The van der Waals surface area contributed by atoms with E-state index >= 15 is 0 Å². The number of carbonyl (C=O) groups is 1. The molecule has 38 heavy (non-hydrogen) atoms. The summed E-state index contributed by atoms with van der Waals surface area (Å²) in [6, 6.07) is 5.32. The number of carbonyl (C=O) groups excluding carboxylic acids is 1. The largest absolute Gasteiger partial charge is 0.480 e. The van der Waals surface area contributed by atoms with E-state index in [-0.39, 0.29) is 23.2 Å². The molecule has 4 heterocycles. The Morgan fingerprint density at radius 1 is 1.11 bits per heavy atom. The van der Waals surface area contributed by atoms with Gasteiger partial charge in [-0.1, -0.05) is 0 Å². The molecule has 0 unspecified atom stereocenters. The van der Waals surface area contributed by atoms with E-state index in [4.69, 9.17) is 4.74 Å². The third-order valence-corrected chi connectivity index (χ3v) is 8.22.